The molecule has 0 saturated carbocycles. The third-order valence-corrected chi connectivity index (χ3v) is 4.27. The number of rotatable bonds is 5. The highest BCUT2D eigenvalue weighted by Gasteiger charge is 2.12. The summed E-state index contributed by atoms with van der Waals surface area (Å²) in [6, 6.07) is 15.6. The van der Waals surface area contributed by atoms with Gasteiger partial charge < -0.3 is 15.0 Å². The first-order valence-electron chi connectivity index (χ1n) is 8.18. The number of carbonyl (C=O) groups is 1. The zero-order chi connectivity index (χ0) is 16.8. The zero-order valence-electron chi connectivity index (χ0n) is 13.5. The largest absolute Gasteiger partial charge is 0.378 e. The molecule has 3 rings (SSSR count). The van der Waals surface area contributed by atoms with Gasteiger partial charge in [0, 0.05) is 35.9 Å². The minimum absolute atomic E-state index is 0.00843. The monoisotopic (exact) mass is 344 g/mol. The highest BCUT2D eigenvalue weighted by atomic mass is 35.5. The van der Waals surface area contributed by atoms with E-state index in [1.54, 1.807) is 0 Å². The average molecular weight is 345 g/mol. The van der Waals surface area contributed by atoms with E-state index in [-0.39, 0.29) is 5.91 Å². The van der Waals surface area contributed by atoms with Crippen LogP contribution in [0.4, 0.5) is 11.4 Å². The van der Waals surface area contributed by atoms with Crippen molar-refractivity contribution in [1.29, 1.82) is 0 Å². The van der Waals surface area contributed by atoms with Crippen molar-refractivity contribution in [2.24, 2.45) is 0 Å². The predicted molar refractivity (Wildman–Crippen MR) is 97.9 cm³/mol. The molecule has 0 bridgehead atoms. The van der Waals surface area contributed by atoms with Gasteiger partial charge in [-0.3, -0.25) is 4.79 Å². The van der Waals surface area contributed by atoms with Crippen LogP contribution in [-0.2, 0) is 16.0 Å². The Labute approximate surface area is 147 Å². The van der Waals surface area contributed by atoms with Crippen LogP contribution < -0.4 is 10.2 Å². The van der Waals surface area contributed by atoms with Crippen molar-refractivity contribution >= 4 is 28.9 Å². The number of halogens is 1. The maximum atomic E-state index is 12.2. The first-order valence-corrected chi connectivity index (χ1v) is 8.55. The third kappa shape index (κ3) is 4.73. The van der Waals surface area contributed by atoms with Gasteiger partial charge in [-0.2, -0.15) is 0 Å². The SMILES string of the molecule is O=C(CCc1cccc(Cl)c1)Nc1cccc(N2CCOCC2)c1. The number of hydrogen-bond donors (Lipinski definition) is 1. The standard InChI is InChI=1S/C19H21ClN2O2/c20-16-4-1-3-15(13-16)7-8-19(23)21-17-5-2-6-18(14-17)22-9-11-24-12-10-22/h1-6,13-14H,7-12H2,(H,21,23). The second kappa shape index (κ2) is 8.18. The Bertz CT molecular complexity index is 699. The van der Waals surface area contributed by atoms with Gasteiger partial charge in [-0.1, -0.05) is 29.8 Å². The molecule has 2 aromatic rings. The van der Waals surface area contributed by atoms with E-state index in [0.29, 0.717) is 17.9 Å². The van der Waals surface area contributed by atoms with Gasteiger partial charge in [0.15, 0.2) is 0 Å². The molecule has 0 unspecified atom stereocenters. The molecular formula is C19H21ClN2O2. The van der Waals surface area contributed by atoms with E-state index in [4.69, 9.17) is 16.3 Å². The van der Waals surface area contributed by atoms with Crippen LogP contribution in [0.2, 0.25) is 5.02 Å². The number of carbonyl (C=O) groups excluding carboxylic acids is 1. The summed E-state index contributed by atoms with van der Waals surface area (Å²) in [6.45, 7) is 3.25. The van der Waals surface area contributed by atoms with E-state index >= 15 is 0 Å². The molecule has 0 spiro atoms. The molecule has 1 amide bonds. The zero-order valence-corrected chi connectivity index (χ0v) is 14.3. The van der Waals surface area contributed by atoms with Gasteiger partial charge in [-0.05, 0) is 42.3 Å². The van der Waals surface area contributed by atoms with Gasteiger partial charge in [0.05, 0.1) is 13.2 Å². The number of aryl methyl sites for hydroxylation is 1. The summed E-state index contributed by atoms with van der Waals surface area (Å²) in [5.41, 5.74) is 3.01. The van der Waals surface area contributed by atoms with Gasteiger partial charge in [-0.15, -0.1) is 0 Å². The lowest BCUT2D eigenvalue weighted by Gasteiger charge is -2.29. The van der Waals surface area contributed by atoms with Crippen LogP contribution in [-0.4, -0.2) is 32.2 Å². The maximum Gasteiger partial charge on any atom is 0.224 e. The Kier molecular flexibility index (Phi) is 5.72. The average Bonchev–Trinajstić information content (AvgIpc) is 2.61. The predicted octanol–water partition coefficient (Wildman–Crippen LogP) is 3.75. The molecule has 1 N–H and O–H groups in total. The quantitative estimate of drug-likeness (QED) is 0.898. The minimum atomic E-state index is 0.00843. The van der Waals surface area contributed by atoms with E-state index in [1.165, 1.54) is 0 Å². The van der Waals surface area contributed by atoms with E-state index in [0.717, 1.165) is 43.2 Å². The summed E-state index contributed by atoms with van der Waals surface area (Å²) in [6.07, 6.45) is 1.11. The van der Waals surface area contributed by atoms with E-state index in [9.17, 15) is 4.79 Å². The lowest BCUT2D eigenvalue weighted by Crippen LogP contribution is -2.36. The number of hydrogen-bond acceptors (Lipinski definition) is 3. The molecule has 0 aromatic heterocycles. The Morgan fingerprint density at radius 2 is 1.92 bits per heavy atom. The number of anilines is 2. The number of amides is 1. The van der Waals surface area contributed by atoms with Crippen LogP contribution in [0.25, 0.3) is 0 Å². The van der Waals surface area contributed by atoms with Crippen LogP contribution in [0.1, 0.15) is 12.0 Å². The summed E-state index contributed by atoms with van der Waals surface area (Å²) in [5, 5.41) is 3.68. The first kappa shape index (κ1) is 16.8. The Balaban J connectivity index is 1.56. The van der Waals surface area contributed by atoms with Crippen molar-refractivity contribution in [2.75, 3.05) is 36.5 Å². The van der Waals surface area contributed by atoms with E-state index in [1.807, 2.05) is 42.5 Å². The summed E-state index contributed by atoms with van der Waals surface area (Å²) in [4.78, 5) is 14.4. The molecule has 1 aliphatic rings. The van der Waals surface area contributed by atoms with Crippen molar-refractivity contribution in [3.63, 3.8) is 0 Å². The van der Waals surface area contributed by atoms with Crippen molar-refractivity contribution in [1.82, 2.24) is 0 Å². The van der Waals surface area contributed by atoms with Gasteiger partial charge in [0.25, 0.3) is 0 Å². The second-order valence-corrected chi connectivity index (χ2v) is 6.26. The molecule has 2 aromatic carbocycles. The molecule has 1 aliphatic heterocycles. The highest BCUT2D eigenvalue weighted by Crippen LogP contribution is 2.21. The fraction of sp³-hybridized carbons (Fsp3) is 0.316. The second-order valence-electron chi connectivity index (χ2n) is 5.83. The van der Waals surface area contributed by atoms with Crippen molar-refractivity contribution in [3.8, 4) is 0 Å². The van der Waals surface area contributed by atoms with Crippen LogP contribution >= 0.6 is 11.6 Å². The van der Waals surface area contributed by atoms with Gasteiger partial charge >= 0.3 is 0 Å². The van der Waals surface area contributed by atoms with Crippen LogP contribution in [0.5, 0.6) is 0 Å². The van der Waals surface area contributed by atoms with Gasteiger partial charge in [0.2, 0.25) is 5.91 Å². The number of ether oxygens (including phenoxy) is 1. The van der Waals surface area contributed by atoms with Crippen molar-refractivity contribution in [3.05, 3.63) is 59.1 Å². The summed E-state index contributed by atoms with van der Waals surface area (Å²) in [7, 11) is 0. The van der Waals surface area contributed by atoms with Gasteiger partial charge in [-0.25, -0.2) is 0 Å². The number of morpholine rings is 1. The molecule has 0 atom stereocenters. The summed E-state index contributed by atoms with van der Waals surface area (Å²) < 4.78 is 5.38. The highest BCUT2D eigenvalue weighted by molar-refractivity contribution is 6.30. The Morgan fingerprint density at radius 1 is 1.12 bits per heavy atom. The van der Waals surface area contributed by atoms with E-state index < -0.39 is 0 Å². The van der Waals surface area contributed by atoms with Crippen LogP contribution in [0.15, 0.2) is 48.5 Å². The molecule has 1 fully saturated rings. The maximum absolute atomic E-state index is 12.2. The topological polar surface area (TPSA) is 41.6 Å². The number of nitrogens with one attached hydrogen (secondary N) is 1. The molecule has 0 radical (unpaired) electrons. The number of benzene rings is 2. The minimum Gasteiger partial charge on any atom is -0.378 e. The van der Waals surface area contributed by atoms with Crippen molar-refractivity contribution in [2.45, 2.75) is 12.8 Å². The smallest absolute Gasteiger partial charge is 0.224 e. The van der Waals surface area contributed by atoms with Gasteiger partial charge in [0.1, 0.15) is 0 Å². The molecule has 126 valence electrons. The molecule has 4 nitrogen and oxygen atoms in total. The summed E-state index contributed by atoms with van der Waals surface area (Å²) >= 11 is 5.97. The lowest BCUT2D eigenvalue weighted by atomic mass is 10.1. The molecule has 5 heteroatoms. The van der Waals surface area contributed by atoms with E-state index in [2.05, 4.69) is 16.3 Å². The molecule has 1 saturated heterocycles. The number of nitrogens with zero attached hydrogens (tertiary/aromatic N) is 1. The normalized spacial score (nSPS) is 14.5. The molecule has 1 heterocycles. The first-order chi connectivity index (χ1) is 11.7. The fourth-order valence-corrected chi connectivity index (χ4v) is 2.99. The fourth-order valence-electron chi connectivity index (χ4n) is 2.78. The summed E-state index contributed by atoms with van der Waals surface area (Å²) in [5.74, 6) is 0.00843. The third-order valence-electron chi connectivity index (χ3n) is 4.04. The van der Waals surface area contributed by atoms with Crippen LogP contribution in [0.3, 0.4) is 0 Å². The van der Waals surface area contributed by atoms with Crippen molar-refractivity contribution < 1.29 is 9.53 Å². The Morgan fingerprint density at radius 3 is 2.71 bits per heavy atom. The molecule has 24 heavy (non-hydrogen) atoms. The molecule has 0 aliphatic carbocycles. The van der Waals surface area contributed by atoms with Crippen LogP contribution in [0, 0.1) is 0 Å². The Hall–Kier alpha value is -2.04. The lowest BCUT2D eigenvalue weighted by molar-refractivity contribution is -0.116. The molecular weight excluding hydrogens is 324 g/mol.